The second-order valence-electron chi connectivity index (χ2n) is 6.18. The van der Waals surface area contributed by atoms with E-state index in [0.717, 1.165) is 26.9 Å². The molecule has 0 saturated heterocycles. The first-order valence-corrected chi connectivity index (χ1v) is 9.28. The smallest absolute Gasteiger partial charge is 0.318 e. The average Bonchev–Trinajstić information content (AvgIpc) is 3.38. The van der Waals surface area contributed by atoms with Crippen LogP contribution in [-0.2, 0) is 4.79 Å². The zero-order valence-corrected chi connectivity index (χ0v) is 15.8. The van der Waals surface area contributed by atoms with Crippen LogP contribution in [0.4, 0.5) is 13.9 Å². The molecular weight excluding hydrogens is 386 g/mol. The Labute approximate surface area is 162 Å². The Bertz CT molecular complexity index is 1150. The highest BCUT2D eigenvalue weighted by molar-refractivity contribution is 7.19. The summed E-state index contributed by atoms with van der Waals surface area (Å²) in [7, 11) is 0. The van der Waals surface area contributed by atoms with Gasteiger partial charge in [-0.25, -0.2) is 15.0 Å². The van der Waals surface area contributed by atoms with Crippen molar-refractivity contribution in [3.63, 3.8) is 0 Å². The van der Waals surface area contributed by atoms with Gasteiger partial charge in [0.25, 0.3) is 0 Å². The number of aryl methyl sites for hydroxylation is 1. The quantitative estimate of drug-likeness (QED) is 0.541. The number of nitrogens with zero attached hydrogens (tertiary/aromatic N) is 5. The van der Waals surface area contributed by atoms with Crippen LogP contribution < -0.4 is 5.32 Å². The van der Waals surface area contributed by atoms with Gasteiger partial charge in [0, 0.05) is 12.4 Å². The van der Waals surface area contributed by atoms with E-state index in [1.165, 1.54) is 12.4 Å². The van der Waals surface area contributed by atoms with Crippen LogP contribution in [0.5, 0.6) is 0 Å². The molecule has 28 heavy (non-hydrogen) atoms. The zero-order valence-electron chi connectivity index (χ0n) is 15.0. The molecule has 0 fully saturated rings. The molecule has 3 aromatic heterocycles. The van der Waals surface area contributed by atoms with Crippen LogP contribution in [0.25, 0.3) is 21.7 Å². The van der Waals surface area contributed by atoms with E-state index in [1.54, 1.807) is 24.7 Å². The molecule has 10 heteroatoms. The van der Waals surface area contributed by atoms with Crippen molar-refractivity contribution < 1.29 is 13.6 Å². The molecule has 0 radical (unpaired) electrons. The highest BCUT2D eigenvalue weighted by Crippen LogP contribution is 2.33. The molecule has 1 N–H and O–H groups in total. The second-order valence-corrected chi connectivity index (χ2v) is 7.17. The summed E-state index contributed by atoms with van der Waals surface area (Å²) < 4.78 is 28.8. The van der Waals surface area contributed by atoms with Crippen LogP contribution in [0.3, 0.4) is 0 Å². The molecule has 0 spiro atoms. The van der Waals surface area contributed by atoms with Crippen LogP contribution in [0.1, 0.15) is 25.2 Å². The van der Waals surface area contributed by atoms with Crippen molar-refractivity contribution in [3.05, 3.63) is 48.7 Å². The number of hydrogen-bond donors (Lipinski definition) is 1. The Balaban J connectivity index is 1.58. The number of alkyl halides is 2. The summed E-state index contributed by atoms with van der Waals surface area (Å²) in [6, 6.07) is 7.00. The molecule has 3 heterocycles. The molecule has 1 unspecified atom stereocenters. The van der Waals surface area contributed by atoms with Gasteiger partial charge in [-0.15, -0.1) is 0 Å². The normalized spacial score (nSPS) is 12.6. The van der Waals surface area contributed by atoms with Crippen molar-refractivity contribution in [3.8, 4) is 10.7 Å². The Hall–Kier alpha value is -3.14. The van der Waals surface area contributed by atoms with E-state index < -0.39 is 12.6 Å². The van der Waals surface area contributed by atoms with Crippen molar-refractivity contribution in [2.45, 2.75) is 26.4 Å². The SMILES string of the molecule is Cc1nc(NC(=O)C(C)n2cnc3ccccc32)sc1-c1nccn1C(F)F. The number of halogens is 2. The molecular formula is C18H16F2N6OS. The van der Waals surface area contributed by atoms with Gasteiger partial charge in [-0.1, -0.05) is 23.5 Å². The van der Waals surface area contributed by atoms with Gasteiger partial charge < -0.3 is 9.88 Å². The summed E-state index contributed by atoms with van der Waals surface area (Å²) in [5.74, 6) is -0.153. The maximum absolute atomic E-state index is 13.1. The van der Waals surface area contributed by atoms with Gasteiger partial charge in [0.1, 0.15) is 6.04 Å². The third-order valence-electron chi connectivity index (χ3n) is 4.39. The number of rotatable bonds is 5. The van der Waals surface area contributed by atoms with Gasteiger partial charge in [0.2, 0.25) is 5.91 Å². The van der Waals surface area contributed by atoms with Crippen LogP contribution in [-0.4, -0.2) is 30.0 Å². The van der Waals surface area contributed by atoms with E-state index in [9.17, 15) is 13.6 Å². The molecule has 1 atom stereocenters. The number of anilines is 1. The standard InChI is InChI=1S/C18H16F2N6OS/c1-10-14(15-21-7-8-25(15)17(19)20)28-18(23-10)24-16(27)11(2)26-9-22-12-5-3-4-6-13(12)26/h3-9,11,17H,1-2H3,(H,23,24,27). The summed E-state index contributed by atoms with van der Waals surface area (Å²) >= 11 is 1.11. The number of carbonyl (C=O) groups excluding carboxylic acids is 1. The predicted octanol–water partition coefficient (Wildman–Crippen LogP) is 4.26. The largest absolute Gasteiger partial charge is 0.320 e. The minimum atomic E-state index is -2.70. The molecule has 0 bridgehead atoms. The Morgan fingerprint density at radius 3 is 2.79 bits per heavy atom. The number of nitrogens with one attached hydrogen (secondary N) is 1. The van der Waals surface area contributed by atoms with Gasteiger partial charge >= 0.3 is 6.55 Å². The minimum Gasteiger partial charge on any atom is -0.318 e. The van der Waals surface area contributed by atoms with Crippen molar-refractivity contribution in [1.82, 2.24) is 24.1 Å². The van der Waals surface area contributed by atoms with E-state index in [4.69, 9.17) is 0 Å². The number of para-hydroxylation sites is 2. The maximum atomic E-state index is 13.1. The fourth-order valence-electron chi connectivity index (χ4n) is 2.93. The first-order chi connectivity index (χ1) is 13.5. The number of benzene rings is 1. The molecule has 0 aliphatic heterocycles. The van der Waals surface area contributed by atoms with Gasteiger partial charge in [-0.05, 0) is 26.0 Å². The van der Waals surface area contributed by atoms with Crippen molar-refractivity contribution >= 4 is 33.4 Å². The number of amides is 1. The highest BCUT2D eigenvalue weighted by Gasteiger charge is 2.22. The van der Waals surface area contributed by atoms with E-state index in [1.807, 2.05) is 24.3 Å². The van der Waals surface area contributed by atoms with Crippen LogP contribution in [0.2, 0.25) is 0 Å². The van der Waals surface area contributed by atoms with E-state index in [0.29, 0.717) is 15.7 Å². The fraction of sp³-hybridized carbons (Fsp3) is 0.222. The lowest BCUT2D eigenvalue weighted by Crippen LogP contribution is -2.23. The lowest BCUT2D eigenvalue weighted by molar-refractivity contribution is -0.118. The lowest BCUT2D eigenvalue weighted by atomic mass is 10.2. The van der Waals surface area contributed by atoms with Gasteiger partial charge in [0.15, 0.2) is 11.0 Å². The van der Waals surface area contributed by atoms with Crippen LogP contribution in [0, 0.1) is 6.92 Å². The molecule has 0 aliphatic rings. The number of hydrogen-bond acceptors (Lipinski definition) is 5. The number of aromatic nitrogens is 5. The van der Waals surface area contributed by atoms with Crippen LogP contribution in [0.15, 0.2) is 43.0 Å². The Kier molecular flexibility index (Phi) is 4.63. The summed E-state index contributed by atoms with van der Waals surface area (Å²) in [5, 5.41) is 3.09. The monoisotopic (exact) mass is 402 g/mol. The number of carbonyl (C=O) groups is 1. The third kappa shape index (κ3) is 3.15. The Morgan fingerprint density at radius 1 is 1.21 bits per heavy atom. The molecule has 1 amide bonds. The molecule has 7 nitrogen and oxygen atoms in total. The van der Waals surface area contributed by atoms with Crippen molar-refractivity contribution in [2.75, 3.05) is 5.32 Å². The molecule has 4 rings (SSSR count). The topological polar surface area (TPSA) is 77.6 Å². The lowest BCUT2D eigenvalue weighted by Gasteiger charge is -2.13. The number of imidazole rings is 2. The Morgan fingerprint density at radius 2 is 2.00 bits per heavy atom. The number of fused-ring (bicyclic) bond motifs is 1. The molecule has 1 aromatic carbocycles. The van der Waals surface area contributed by atoms with E-state index in [-0.39, 0.29) is 11.7 Å². The van der Waals surface area contributed by atoms with Gasteiger partial charge in [-0.2, -0.15) is 8.78 Å². The van der Waals surface area contributed by atoms with Crippen molar-refractivity contribution in [1.29, 1.82) is 0 Å². The van der Waals surface area contributed by atoms with Crippen molar-refractivity contribution in [2.24, 2.45) is 0 Å². The average molecular weight is 402 g/mol. The summed E-state index contributed by atoms with van der Waals surface area (Å²) in [4.78, 5) is 25.8. The molecule has 144 valence electrons. The molecule has 0 aliphatic carbocycles. The molecule has 0 saturated carbocycles. The minimum absolute atomic E-state index is 0.124. The number of thiazole rings is 1. The first kappa shape index (κ1) is 18.2. The summed E-state index contributed by atoms with van der Waals surface area (Å²) in [6.45, 7) is 0.749. The first-order valence-electron chi connectivity index (χ1n) is 8.47. The summed E-state index contributed by atoms with van der Waals surface area (Å²) in [6.07, 6.45) is 4.14. The predicted molar refractivity (Wildman–Crippen MR) is 102 cm³/mol. The molecule has 4 aromatic rings. The zero-order chi connectivity index (χ0) is 19.8. The summed E-state index contributed by atoms with van der Waals surface area (Å²) in [5.41, 5.74) is 2.17. The second kappa shape index (κ2) is 7.12. The van der Waals surface area contributed by atoms with Gasteiger partial charge in [-0.3, -0.25) is 9.36 Å². The maximum Gasteiger partial charge on any atom is 0.320 e. The highest BCUT2D eigenvalue weighted by atomic mass is 32.1. The third-order valence-corrected chi connectivity index (χ3v) is 5.46. The fourth-order valence-corrected chi connectivity index (χ4v) is 3.90. The van der Waals surface area contributed by atoms with E-state index in [2.05, 4.69) is 20.3 Å². The van der Waals surface area contributed by atoms with Gasteiger partial charge in [0.05, 0.1) is 27.9 Å². The van der Waals surface area contributed by atoms with E-state index >= 15 is 0 Å². The van der Waals surface area contributed by atoms with Crippen LogP contribution >= 0.6 is 11.3 Å².